The van der Waals surface area contributed by atoms with Crippen molar-refractivity contribution in [3.63, 3.8) is 0 Å². The first kappa shape index (κ1) is 21.6. The molecule has 2 aromatic heterocycles. The van der Waals surface area contributed by atoms with E-state index >= 15 is 0 Å². The zero-order valence-electron chi connectivity index (χ0n) is 18.0. The van der Waals surface area contributed by atoms with Gasteiger partial charge in [0.15, 0.2) is 4.80 Å². The summed E-state index contributed by atoms with van der Waals surface area (Å²) < 4.78 is 8.44. The summed E-state index contributed by atoms with van der Waals surface area (Å²) in [6.07, 6.45) is 3.76. The van der Waals surface area contributed by atoms with Gasteiger partial charge in [-0.2, -0.15) is 0 Å². The van der Waals surface area contributed by atoms with Gasteiger partial charge in [0, 0.05) is 27.1 Å². The summed E-state index contributed by atoms with van der Waals surface area (Å²) in [5.41, 5.74) is 3.49. The van der Waals surface area contributed by atoms with Crippen molar-refractivity contribution in [2.45, 2.75) is 19.9 Å². The molecule has 1 atom stereocenters. The highest BCUT2D eigenvalue weighted by Gasteiger charge is 2.33. The molecule has 6 nitrogen and oxygen atoms in total. The third kappa shape index (κ3) is 3.79. The summed E-state index contributed by atoms with van der Waals surface area (Å²) in [6.45, 7) is 3.80. The van der Waals surface area contributed by atoms with Crippen molar-refractivity contribution in [3.05, 3.63) is 101 Å². The lowest BCUT2D eigenvalue weighted by Gasteiger charge is -2.24. The van der Waals surface area contributed by atoms with E-state index in [9.17, 15) is 9.59 Å². The second-order valence-corrected chi connectivity index (χ2v) is 9.57. The molecule has 0 unspecified atom stereocenters. The molecule has 0 saturated heterocycles. The molecule has 166 valence electrons. The van der Waals surface area contributed by atoms with E-state index in [2.05, 4.69) is 25.9 Å². The van der Waals surface area contributed by atoms with Crippen molar-refractivity contribution in [3.8, 4) is 0 Å². The van der Waals surface area contributed by atoms with Gasteiger partial charge in [-0.15, -0.1) is 0 Å². The van der Waals surface area contributed by atoms with Crippen LogP contribution in [0.1, 0.15) is 31.0 Å². The van der Waals surface area contributed by atoms with Crippen molar-refractivity contribution >= 4 is 50.2 Å². The Labute approximate surface area is 201 Å². The molecule has 0 fully saturated rings. The maximum Gasteiger partial charge on any atom is 0.338 e. The lowest BCUT2D eigenvalue weighted by atomic mass is 9.96. The number of esters is 1. The number of nitrogens with one attached hydrogen (secondary N) is 1. The van der Waals surface area contributed by atoms with E-state index in [1.165, 1.54) is 11.3 Å². The van der Waals surface area contributed by atoms with Gasteiger partial charge in [-0.25, -0.2) is 9.79 Å². The number of hydrogen-bond acceptors (Lipinski definition) is 5. The molecule has 4 aromatic rings. The Kier molecular flexibility index (Phi) is 5.64. The number of aromatic nitrogens is 2. The minimum atomic E-state index is -0.597. The van der Waals surface area contributed by atoms with Crippen LogP contribution in [0.4, 0.5) is 0 Å². The van der Waals surface area contributed by atoms with E-state index < -0.39 is 12.0 Å². The van der Waals surface area contributed by atoms with E-state index in [4.69, 9.17) is 4.74 Å². The summed E-state index contributed by atoms with van der Waals surface area (Å²) in [5, 5.41) is 1.01. The SMILES string of the molecule is CCOC(=O)C1=C(C)N=c2s/c(=C/c3c[nH]c4ccc(Br)cc34)c(=O)n2[C@@H]1c1ccccc1. The van der Waals surface area contributed by atoms with E-state index in [0.29, 0.717) is 20.6 Å². The first-order valence-corrected chi connectivity index (χ1v) is 12.1. The zero-order valence-corrected chi connectivity index (χ0v) is 20.4. The fourth-order valence-corrected chi connectivity index (χ4v) is 5.52. The Bertz CT molecular complexity index is 1600. The van der Waals surface area contributed by atoms with Gasteiger partial charge in [-0.05, 0) is 43.7 Å². The summed E-state index contributed by atoms with van der Waals surface area (Å²) in [6, 6.07) is 14.9. The van der Waals surface area contributed by atoms with Crippen LogP contribution in [-0.4, -0.2) is 22.1 Å². The van der Waals surface area contributed by atoms with Crippen LogP contribution in [0, 0.1) is 0 Å². The van der Waals surface area contributed by atoms with Crippen LogP contribution in [0.2, 0.25) is 0 Å². The molecule has 8 heteroatoms. The van der Waals surface area contributed by atoms with Crippen molar-refractivity contribution in [1.82, 2.24) is 9.55 Å². The number of halogens is 1. The number of ether oxygens (including phenoxy) is 1. The van der Waals surface area contributed by atoms with E-state index in [1.54, 1.807) is 18.4 Å². The predicted octanol–water partition coefficient (Wildman–Crippen LogP) is 4.04. The normalized spacial score (nSPS) is 16.1. The second-order valence-electron chi connectivity index (χ2n) is 7.65. The van der Waals surface area contributed by atoms with Crippen molar-refractivity contribution < 1.29 is 9.53 Å². The third-order valence-electron chi connectivity index (χ3n) is 5.59. The molecule has 1 aliphatic heterocycles. The van der Waals surface area contributed by atoms with Gasteiger partial charge in [0.05, 0.1) is 28.5 Å². The minimum Gasteiger partial charge on any atom is -0.463 e. The highest BCUT2D eigenvalue weighted by atomic mass is 79.9. The summed E-state index contributed by atoms with van der Waals surface area (Å²) in [5.74, 6) is -0.455. The van der Waals surface area contributed by atoms with Crippen LogP contribution >= 0.6 is 27.3 Å². The van der Waals surface area contributed by atoms with Gasteiger partial charge in [-0.1, -0.05) is 57.6 Å². The number of fused-ring (bicyclic) bond motifs is 2. The van der Waals surface area contributed by atoms with Crippen molar-refractivity contribution in [1.29, 1.82) is 0 Å². The number of hydrogen-bond donors (Lipinski definition) is 1. The second kappa shape index (κ2) is 8.61. The number of carbonyl (C=O) groups is 1. The number of rotatable bonds is 4. The first-order valence-electron chi connectivity index (χ1n) is 10.5. The number of aromatic amines is 1. The standard InChI is InChI=1S/C25H20BrN3O3S/c1-3-32-24(31)21-14(2)28-25-29(22(21)15-7-5-4-6-8-15)23(30)20(33-25)11-16-13-27-19-10-9-17(26)12-18(16)19/h4-13,22,27H,3H2,1-2H3/b20-11+/t22-/m1/s1. The quantitative estimate of drug-likeness (QED) is 0.411. The molecular weight excluding hydrogens is 502 g/mol. The molecule has 1 aliphatic rings. The fourth-order valence-electron chi connectivity index (χ4n) is 4.12. The van der Waals surface area contributed by atoms with Gasteiger partial charge in [-0.3, -0.25) is 9.36 Å². The summed E-state index contributed by atoms with van der Waals surface area (Å²) in [7, 11) is 0. The molecule has 0 spiro atoms. The highest BCUT2D eigenvalue weighted by Crippen LogP contribution is 2.30. The number of benzene rings is 2. The van der Waals surface area contributed by atoms with Gasteiger partial charge < -0.3 is 9.72 Å². The monoisotopic (exact) mass is 521 g/mol. The average Bonchev–Trinajstić information content (AvgIpc) is 3.34. The predicted molar refractivity (Wildman–Crippen MR) is 133 cm³/mol. The number of thiazole rings is 1. The molecule has 2 aromatic carbocycles. The maximum absolute atomic E-state index is 13.6. The van der Waals surface area contributed by atoms with Crippen molar-refractivity contribution in [2.75, 3.05) is 6.61 Å². The molecule has 0 radical (unpaired) electrons. The van der Waals surface area contributed by atoms with Crippen LogP contribution in [0.15, 0.2) is 80.3 Å². The largest absolute Gasteiger partial charge is 0.463 e. The summed E-state index contributed by atoms with van der Waals surface area (Å²) in [4.78, 5) is 35.0. The molecule has 0 bridgehead atoms. The van der Waals surface area contributed by atoms with Gasteiger partial charge in [0.1, 0.15) is 0 Å². The van der Waals surface area contributed by atoms with Crippen LogP contribution < -0.4 is 14.9 Å². The van der Waals surface area contributed by atoms with E-state index in [-0.39, 0.29) is 12.2 Å². The molecule has 33 heavy (non-hydrogen) atoms. The Morgan fingerprint density at radius 2 is 2.06 bits per heavy atom. The van der Waals surface area contributed by atoms with Crippen molar-refractivity contribution in [2.24, 2.45) is 4.99 Å². The highest BCUT2D eigenvalue weighted by molar-refractivity contribution is 9.10. The molecule has 0 amide bonds. The number of H-pyrrole nitrogens is 1. The number of nitrogens with zero attached hydrogens (tertiary/aromatic N) is 2. The maximum atomic E-state index is 13.6. The minimum absolute atomic E-state index is 0.189. The third-order valence-corrected chi connectivity index (χ3v) is 7.07. The Balaban J connectivity index is 1.74. The van der Waals surface area contributed by atoms with E-state index in [0.717, 1.165) is 26.5 Å². The van der Waals surface area contributed by atoms with E-state index in [1.807, 2.05) is 60.8 Å². The molecular formula is C25H20BrN3O3S. The lowest BCUT2D eigenvalue weighted by molar-refractivity contribution is -0.139. The van der Waals surface area contributed by atoms with Crippen LogP contribution in [0.3, 0.4) is 0 Å². The molecule has 5 rings (SSSR count). The number of carbonyl (C=O) groups excluding carboxylic acids is 1. The Hall–Kier alpha value is -3.23. The van der Waals surface area contributed by atoms with Gasteiger partial charge >= 0.3 is 5.97 Å². The zero-order chi connectivity index (χ0) is 23.1. The molecule has 0 saturated carbocycles. The number of allylic oxidation sites excluding steroid dienone is 1. The van der Waals surface area contributed by atoms with Crippen LogP contribution in [0.25, 0.3) is 17.0 Å². The topological polar surface area (TPSA) is 76.4 Å². The lowest BCUT2D eigenvalue weighted by Crippen LogP contribution is -2.39. The Morgan fingerprint density at radius 3 is 2.82 bits per heavy atom. The van der Waals surface area contributed by atoms with Gasteiger partial charge in [0.2, 0.25) is 0 Å². The molecule has 3 heterocycles. The van der Waals surface area contributed by atoms with Gasteiger partial charge in [0.25, 0.3) is 5.56 Å². The fraction of sp³-hybridized carbons (Fsp3) is 0.160. The average molecular weight is 522 g/mol. The summed E-state index contributed by atoms with van der Waals surface area (Å²) >= 11 is 4.83. The smallest absolute Gasteiger partial charge is 0.338 e. The van der Waals surface area contributed by atoms with Crippen LogP contribution in [0.5, 0.6) is 0 Å². The molecule has 0 aliphatic carbocycles. The first-order chi connectivity index (χ1) is 16.0. The van der Waals surface area contributed by atoms with Crippen LogP contribution in [-0.2, 0) is 9.53 Å². The Morgan fingerprint density at radius 1 is 1.27 bits per heavy atom. The molecule has 1 N–H and O–H groups in total.